The van der Waals surface area contributed by atoms with E-state index in [1.54, 1.807) is 6.20 Å². The lowest BCUT2D eigenvalue weighted by Gasteiger charge is -2.08. The summed E-state index contributed by atoms with van der Waals surface area (Å²) in [6.07, 6.45) is 3.14. The predicted molar refractivity (Wildman–Crippen MR) is 67.8 cm³/mol. The highest BCUT2D eigenvalue weighted by Gasteiger charge is 2.11. The van der Waals surface area contributed by atoms with Gasteiger partial charge in [-0.2, -0.15) is 5.10 Å². The van der Waals surface area contributed by atoms with Crippen LogP contribution in [-0.4, -0.2) is 27.3 Å². The quantitative estimate of drug-likeness (QED) is 0.680. The van der Waals surface area contributed by atoms with Crippen molar-refractivity contribution in [2.75, 3.05) is 5.32 Å². The number of aromatic carboxylic acids is 1. The fourth-order valence-corrected chi connectivity index (χ4v) is 1.48. The summed E-state index contributed by atoms with van der Waals surface area (Å²) in [6, 6.07) is 2.50. The SMILES string of the molecule is O=C(NCc1cn[nH]c1)Nc1cc(C(=O)O)ccc1F. The fraction of sp³-hybridized carbons (Fsp3) is 0.0833. The predicted octanol–water partition coefficient (Wildman–Crippen LogP) is 1.57. The van der Waals surface area contributed by atoms with Crippen LogP contribution in [0.25, 0.3) is 0 Å². The molecule has 2 rings (SSSR count). The van der Waals surface area contributed by atoms with Gasteiger partial charge >= 0.3 is 12.0 Å². The number of aromatic amines is 1. The van der Waals surface area contributed by atoms with Crippen molar-refractivity contribution in [3.63, 3.8) is 0 Å². The van der Waals surface area contributed by atoms with E-state index in [4.69, 9.17) is 5.11 Å². The van der Waals surface area contributed by atoms with Gasteiger partial charge in [0.15, 0.2) is 0 Å². The zero-order valence-corrected chi connectivity index (χ0v) is 10.2. The van der Waals surface area contributed by atoms with Crippen LogP contribution in [0, 0.1) is 5.82 Å². The molecule has 7 nitrogen and oxygen atoms in total. The lowest BCUT2D eigenvalue weighted by Crippen LogP contribution is -2.28. The molecule has 2 aromatic rings. The molecule has 4 N–H and O–H groups in total. The zero-order valence-electron chi connectivity index (χ0n) is 10.2. The Kier molecular flexibility index (Phi) is 3.94. The maximum Gasteiger partial charge on any atom is 0.335 e. The van der Waals surface area contributed by atoms with Crippen molar-refractivity contribution in [1.82, 2.24) is 15.5 Å². The average molecular weight is 278 g/mol. The molecule has 1 aromatic carbocycles. The Balaban J connectivity index is 2.00. The number of hydrogen-bond acceptors (Lipinski definition) is 3. The molecule has 0 atom stereocenters. The highest BCUT2D eigenvalue weighted by Crippen LogP contribution is 2.16. The van der Waals surface area contributed by atoms with Crippen molar-refractivity contribution < 1.29 is 19.1 Å². The van der Waals surface area contributed by atoms with Crippen LogP contribution in [0.5, 0.6) is 0 Å². The third kappa shape index (κ3) is 3.31. The molecule has 0 fully saturated rings. The highest BCUT2D eigenvalue weighted by molar-refractivity contribution is 5.93. The van der Waals surface area contributed by atoms with Crippen LogP contribution in [0.1, 0.15) is 15.9 Å². The van der Waals surface area contributed by atoms with E-state index in [9.17, 15) is 14.0 Å². The summed E-state index contributed by atoms with van der Waals surface area (Å²) in [5, 5.41) is 19.8. The number of rotatable bonds is 4. The number of anilines is 1. The maximum atomic E-state index is 13.5. The topological polar surface area (TPSA) is 107 Å². The molecule has 8 heteroatoms. The Morgan fingerprint density at radius 2 is 2.20 bits per heavy atom. The molecule has 0 aliphatic heterocycles. The second-order valence-corrected chi connectivity index (χ2v) is 3.91. The van der Waals surface area contributed by atoms with Crippen molar-refractivity contribution in [3.05, 3.63) is 47.5 Å². The third-order valence-electron chi connectivity index (χ3n) is 2.47. The Hall–Kier alpha value is -2.90. The summed E-state index contributed by atoms with van der Waals surface area (Å²) in [4.78, 5) is 22.3. The van der Waals surface area contributed by atoms with E-state index < -0.39 is 17.8 Å². The van der Waals surface area contributed by atoms with Gasteiger partial charge in [0.05, 0.1) is 17.4 Å². The summed E-state index contributed by atoms with van der Waals surface area (Å²) in [5.41, 5.74) is 0.436. The Morgan fingerprint density at radius 3 is 2.85 bits per heavy atom. The average Bonchev–Trinajstić information content (AvgIpc) is 2.92. The Labute approximate surface area is 112 Å². The van der Waals surface area contributed by atoms with Gasteiger partial charge in [-0.1, -0.05) is 0 Å². The minimum Gasteiger partial charge on any atom is -0.478 e. The van der Waals surface area contributed by atoms with Gasteiger partial charge in [-0.3, -0.25) is 5.10 Å². The van der Waals surface area contributed by atoms with E-state index in [2.05, 4.69) is 20.8 Å². The molecular formula is C12H11FN4O3. The van der Waals surface area contributed by atoms with Gasteiger partial charge in [0.2, 0.25) is 0 Å². The number of amides is 2. The third-order valence-corrected chi connectivity index (χ3v) is 2.47. The van der Waals surface area contributed by atoms with Crippen LogP contribution in [-0.2, 0) is 6.54 Å². The summed E-state index contributed by atoms with van der Waals surface area (Å²) in [5.74, 6) is -1.92. The minimum absolute atomic E-state index is 0.114. The number of carbonyl (C=O) groups excluding carboxylic acids is 1. The fourth-order valence-electron chi connectivity index (χ4n) is 1.48. The van der Waals surface area contributed by atoms with Crippen LogP contribution in [0.3, 0.4) is 0 Å². The second-order valence-electron chi connectivity index (χ2n) is 3.91. The first kappa shape index (κ1) is 13.5. The number of carbonyl (C=O) groups is 2. The first-order valence-corrected chi connectivity index (χ1v) is 5.61. The maximum absolute atomic E-state index is 13.5. The van der Waals surface area contributed by atoms with Crippen molar-refractivity contribution in [2.24, 2.45) is 0 Å². The van der Waals surface area contributed by atoms with Gasteiger partial charge < -0.3 is 15.7 Å². The zero-order chi connectivity index (χ0) is 14.5. The number of carboxylic acid groups (broad SMARTS) is 1. The van der Waals surface area contributed by atoms with Crippen LogP contribution in [0.15, 0.2) is 30.6 Å². The lowest BCUT2D eigenvalue weighted by atomic mass is 10.2. The van der Waals surface area contributed by atoms with Crippen molar-refractivity contribution in [1.29, 1.82) is 0 Å². The molecule has 0 bridgehead atoms. The number of hydrogen-bond donors (Lipinski definition) is 4. The molecule has 2 amide bonds. The molecule has 0 aliphatic rings. The second kappa shape index (κ2) is 5.83. The van der Waals surface area contributed by atoms with E-state index >= 15 is 0 Å². The first-order valence-electron chi connectivity index (χ1n) is 5.61. The van der Waals surface area contributed by atoms with Crippen LogP contribution in [0.2, 0.25) is 0 Å². The van der Waals surface area contributed by atoms with Crippen molar-refractivity contribution in [2.45, 2.75) is 6.54 Å². The Morgan fingerprint density at radius 1 is 1.40 bits per heavy atom. The molecule has 20 heavy (non-hydrogen) atoms. The van der Waals surface area contributed by atoms with Gasteiger partial charge in [0, 0.05) is 18.3 Å². The number of carboxylic acids is 1. The summed E-state index contributed by atoms with van der Waals surface area (Å²) < 4.78 is 13.5. The van der Waals surface area contributed by atoms with Gasteiger partial charge in [-0.25, -0.2) is 14.0 Å². The molecule has 0 saturated heterocycles. The van der Waals surface area contributed by atoms with Crippen LogP contribution < -0.4 is 10.6 Å². The number of urea groups is 1. The van der Waals surface area contributed by atoms with Gasteiger partial charge in [-0.05, 0) is 18.2 Å². The van der Waals surface area contributed by atoms with E-state index in [-0.39, 0.29) is 17.8 Å². The molecule has 0 aliphatic carbocycles. The largest absolute Gasteiger partial charge is 0.478 e. The molecular weight excluding hydrogens is 267 g/mol. The summed E-state index contributed by atoms with van der Waals surface area (Å²) in [7, 11) is 0. The normalized spacial score (nSPS) is 10.1. The van der Waals surface area contributed by atoms with E-state index in [0.717, 1.165) is 23.8 Å². The molecule has 1 heterocycles. The number of halogens is 1. The van der Waals surface area contributed by atoms with Gasteiger partial charge in [0.25, 0.3) is 0 Å². The van der Waals surface area contributed by atoms with Crippen molar-refractivity contribution >= 4 is 17.7 Å². The van der Waals surface area contributed by atoms with Crippen molar-refractivity contribution in [3.8, 4) is 0 Å². The van der Waals surface area contributed by atoms with Crippen LogP contribution >= 0.6 is 0 Å². The monoisotopic (exact) mass is 278 g/mol. The molecule has 0 saturated carbocycles. The summed E-state index contributed by atoms with van der Waals surface area (Å²) >= 11 is 0. The number of aromatic nitrogens is 2. The molecule has 1 aromatic heterocycles. The van der Waals surface area contributed by atoms with E-state index in [0.29, 0.717) is 0 Å². The molecule has 0 spiro atoms. The molecule has 104 valence electrons. The highest BCUT2D eigenvalue weighted by atomic mass is 19.1. The molecule has 0 unspecified atom stereocenters. The van der Waals surface area contributed by atoms with E-state index in [1.165, 1.54) is 6.20 Å². The number of nitrogens with one attached hydrogen (secondary N) is 3. The first-order chi connectivity index (χ1) is 9.56. The lowest BCUT2D eigenvalue weighted by molar-refractivity contribution is 0.0697. The number of nitrogens with zero attached hydrogens (tertiary/aromatic N) is 1. The van der Waals surface area contributed by atoms with Gasteiger partial charge in [0.1, 0.15) is 5.82 Å². The Bertz CT molecular complexity index is 628. The smallest absolute Gasteiger partial charge is 0.335 e. The van der Waals surface area contributed by atoms with Gasteiger partial charge in [-0.15, -0.1) is 0 Å². The standard InChI is InChI=1S/C12H11FN4O3/c13-9-2-1-8(11(18)19)3-10(9)17-12(20)14-4-7-5-15-16-6-7/h1-3,5-6H,4H2,(H,15,16)(H,18,19)(H2,14,17,20). The minimum atomic E-state index is -1.20. The number of H-pyrrole nitrogens is 1. The van der Waals surface area contributed by atoms with Crippen LogP contribution in [0.4, 0.5) is 14.9 Å². The number of benzene rings is 1. The van der Waals surface area contributed by atoms with E-state index in [1.807, 2.05) is 0 Å². The molecule has 0 radical (unpaired) electrons. The summed E-state index contributed by atoms with van der Waals surface area (Å²) in [6.45, 7) is 0.211.